The zero-order chi connectivity index (χ0) is 13.8. The Morgan fingerprint density at radius 3 is 2.79 bits per heavy atom. The fourth-order valence-electron chi connectivity index (χ4n) is 1.50. The van der Waals surface area contributed by atoms with E-state index in [0.717, 1.165) is 6.07 Å². The number of methoxy groups -OCH3 is 1. The number of rotatable bonds is 4. The van der Waals surface area contributed by atoms with Crippen LogP contribution >= 0.6 is 11.6 Å². The normalized spacial score (nSPS) is 10.3. The van der Waals surface area contributed by atoms with Gasteiger partial charge in [-0.2, -0.15) is 0 Å². The second kappa shape index (κ2) is 5.79. The summed E-state index contributed by atoms with van der Waals surface area (Å²) in [5.41, 5.74) is 0.304. The monoisotopic (exact) mass is 285 g/mol. The van der Waals surface area contributed by atoms with Crippen molar-refractivity contribution in [2.24, 2.45) is 0 Å². The second-order valence-electron chi connectivity index (χ2n) is 3.64. The van der Waals surface area contributed by atoms with Crippen molar-refractivity contribution in [3.05, 3.63) is 46.9 Å². The molecule has 4 nitrogen and oxygen atoms in total. The topological polar surface area (TPSA) is 47.0 Å². The molecule has 0 bridgehead atoms. The van der Waals surface area contributed by atoms with Crippen LogP contribution < -0.4 is 10.1 Å². The van der Waals surface area contributed by atoms with E-state index in [1.165, 1.54) is 25.6 Å². The van der Waals surface area contributed by atoms with Gasteiger partial charge >= 0.3 is 0 Å². The lowest BCUT2D eigenvalue weighted by Gasteiger charge is -2.10. The summed E-state index contributed by atoms with van der Waals surface area (Å²) in [6, 6.07) is 3.36. The molecule has 0 saturated carbocycles. The van der Waals surface area contributed by atoms with Crippen molar-refractivity contribution >= 4 is 17.4 Å². The molecule has 7 heteroatoms. The number of anilines is 1. The third kappa shape index (κ3) is 3.08. The summed E-state index contributed by atoms with van der Waals surface area (Å²) in [5, 5.41) is 3.01. The van der Waals surface area contributed by atoms with E-state index < -0.39 is 11.6 Å². The first-order chi connectivity index (χ1) is 9.11. The van der Waals surface area contributed by atoms with E-state index in [4.69, 9.17) is 16.3 Å². The van der Waals surface area contributed by atoms with Crippen molar-refractivity contribution in [1.29, 1.82) is 0 Å². The molecule has 1 N–H and O–H groups in total. The standard InChI is InChI=1S/C12H10ClF2N3O/c1-19-10-11(13)17-6-18-12(10)16-5-7-2-3-8(14)4-9(7)15/h2-4,6H,5H2,1H3,(H,16,17,18). The summed E-state index contributed by atoms with van der Waals surface area (Å²) >= 11 is 5.82. The molecule has 0 aliphatic carbocycles. The number of hydrogen-bond donors (Lipinski definition) is 1. The molecule has 0 aliphatic heterocycles. The van der Waals surface area contributed by atoms with Crippen LogP contribution in [0, 0.1) is 11.6 Å². The van der Waals surface area contributed by atoms with E-state index in [2.05, 4.69) is 15.3 Å². The smallest absolute Gasteiger partial charge is 0.198 e. The van der Waals surface area contributed by atoms with Gasteiger partial charge in [0.2, 0.25) is 0 Å². The van der Waals surface area contributed by atoms with Crippen molar-refractivity contribution in [3.8, 4) is 5.75 Å². The molecule has 0 fully saturated rings. The molecular formula is C12H10ClF2N3O. The van der Waals surface area contributed by atoms with E-state index in [1.54, 1.807) is 0 Å². The van der Waals surface area contributed by atoms with Gasteiger partial charge in [0.05, 0.1) is 7.11 Å². The average Bonchev–Trinajstić information content (AvgIpc) is 2.38. The van der Waals surface area contributed by atoms with Crippen LogP contribution in [0.1, 0.15) is 5.56 Å². The lowest BCUT2D eigenvalue weighted by Crippen LogP contribution is -2.06. The summed E-state index contributed by atoms with van der Waals surface area (Å²) in [6.07, 6.45) is 1.26. The number of nitrogens with zero attached hydrogens (tertiary/aromatic N) is 2. The van der Waals surface area contributed by atoms with Gasteiger partial charge in [-0.15, -0.1) is 0 Å². The molecule has 0 atom stereocenters. The van der Waals surface area contributed by atoms with Crippen LogP contribution in [0.2, 0.25) is 5.15 Å². The maximum absolute atomic E-state index is 13.4. The Morgan fingerprint density at radius 1 is 1.32 bits per heavy atom. The van der Waals surface area contributed by atoms with Crippen LogP contribution in [-0.2, 0) is 6.54 Å². The van der Waals surface area contributed by atoms with Crippen molar-refractivity contribution in [3.63, 3.8) is 0 Å². The van der Waals surface area contributed by atoms with Gasteiger partial charge in [-0.25, -0.2) is 18.7 Å². The lowest BCUT2D eigenvalue weighted by molar-refractivity contribution is 0.413. The molecule has 1 aromatic heterocycles. The van der Waals surface area contributed by atoms with Crippen molar-refractivity contribution in [2.75, 3.05) is 12.4 Å². The molecule has 1 heterocycles. The molecule has 0 aliphatic rings. The highest BCUT2D eigenvalue weighted by molar-refractivity contribution is 6.31. The fourth-order valence-corrected chi connectivity index (χ4v) is 1.71. The van der Waals surface area contributed by atoms with Gasteiger partial charge in [-0.3, -0.25) is 0 Å². The van der Waals surface area contributed by atoms with Crippen LogP contribution in [-0.4, -0.2) is 17.1 Å². The largest absolute Gasteiger partial charge is 0.490 e. The van der Waals surface area contributed by atoms with Crippen LogP contribution in [0.15, 0.2) is 24.5 Å². The average molecular weight is 286 g/mol. The molecule has 0 unspecified atom stereocenters. The fraction of sp³-hybridized carbons (Fsp3) is 0.167. The van der Waals surface area contributed by atoms with Gasteiger partial charge < -0.3 is 10.1 Å². The van der Waals surface area contributed by atoms with Gasteiger partial charge in [-0.1, -0.05) is 17.7 Å². The highest BCUT2D eigenvalue weighted by atomic mass is 35.5. The van der Waals surface area contributed by atoms with Crippen molar-refractivity contribution < 1.29 is 13.5 Å². The zero-order valence-electron chi connectivity index (χ0n) is 9.95. The first kappa shape index (κ1) is 13.5. The first-order valence-electron chi connectivity index (χ1n) is 5.34. The summed E-state index contributed by atoms with van der Waals surface area (Å²) < 4.78 is 31.2. The Kier molecular flexibility index (Phi) is 4.11. The van der Waals surface area contributed by atoms with Crippen LogP contribution in [0.4, 0.5) is 14.6 Å². The van der Waals surface area contributed by atoms with Crippen molar-refractivity contribution in [2.45, 2.75) is 6.54 Å². The number of ether oxygens (including phenoxy) is 1. The van der Waals surface area contributed by atoms with Gasteiger partial charge in [-0.05, 0) is 6.07 Å². The number of hydrogen-bond acceptors (Lipinski definition) is 4. The van der Waals surface area contributed by atoms with E-state index in [0.29, 0.717) is 11.4 Å². The number of nitrogens with one attached hydrogen (secondary N) is 1. The predicted molar refractivity (Wildman–Crippen MR) is 67.3 cm³/mol. The minimum absolute atomic E-state index is 0.121. The molecule has 0 radical (unpaired) electrons. The third-order valence-electron chi connectivity index (χ3n) is 2.43. The summed E-state index contributed by atoms with van der Waals surface area (Å²) in [7, 11) is 1.42. The Morgan fingerprint density at radius 2 is 2.11 bits per heavy atom. The Bertz CT molecular complexity index is 595. The van der Waals surface area contributed by atoms with Crippen LogP contribution in [0.3, 0.4) is 0 Å². The number of halogens is 3. The molecule has 0 amide bonds. The molecule has 0 saturated heterocycles. The van der Waals surface area contributed by atoms with E-state index in [9.17, 15) is 8.78 Å². The number of benzene rings is 1. The Labute approximate surface area is 113 Å². The molecular weight excluding hydrogens is 276 g/mol. The van der Waals surface area contributed by atoms with Crippen LogP contribution in [0.5, 0.6) is 5.75 Å². The van der Waals surface area contributed by atoms with Gasteiger partial charge in [0.15, 0.2) is 16.7 Å². The molecule has 19 heavy (non-hydrogen) atoms. The quantitative estimate of drug-likeness (QED) is 0.877. The first-order valence-corrected chi connectivity index (χ1v) is 5.72. The van der Waals surface area contributed by atoms with E-state index >= 15 is 0 Å². The molecule has 2 rings (SSSR count). The SMILES string of the molecule is COc1c(Cl)ncnc1NCc1ccc(F)cc1F. The van der Waals surface area contributed by atoms with Gasteiger partial charge in [0.1, 0.15) is 18.0 Å². The van der Waals surface area contributed by atoms with Crippen molar-refractivity contribution in [1.82, 2.24) is 9.97 Å². The molecule has 100 valence electrons. The van der Waals surface area contributed by atoms with Crippen LogP contribution in [0.25, 0.3) is 0 Å². The molecule has 2 aromatic rings. The van der Waals surface area contributed by atoms with Gasteiger partial charge in [0, 0.05) is 18.2 Å². The van der Waals surface area contributed by atoms with Gasteiger partial charge in [0.25, 0.3) is 0 Å². The summed E-state index contributed by atoms with van der Waals surface area (Å²) in [5.74, 6) is -0.645. The van der Waals surface area contributed by atoms with E-state index in [1.807, 2.05) is 0 Å². The second-order valence-corrected chi connectivity index (χ2v) is 3.99. The summed E-state index contributed by atoms with van der Waals surface area (Å²) in [6.45, 7) is 0.121. The minimum Gasteiger partial charge on any atom is -0.490 e. The highest BCUT2D eigenvalue weighted by Crippen LogP contribution is 2.28. The molecule has 0 spiro atoms. The van der Waals surface area contributed by atoms with E-state index in [-0.39, 0.29) is 17.4 Å². The zero-order valence-corrected chi connectivity index (χ0v) is 10.7. The molecule has 1 aromatic carbocycles. The lowest BCUT2D eigenvalue weighted by atomic mass is 10.2. The maximum atomic E-state index is 13.4. The Balaban J connectivity index is 2.17. The number of aromatic nitrogens is 2. The predicted octanol–water partition coefficient (Wildman–Crippen LogP) is 3.03. The minimum atomic E-state index is -0.633. The maximum Gasteiger partial charge on any atom is 0.198 e. The third-order valence-corrected chi connectivity index (χ3v) is 2.70. The Hall–Kier alpha value is -1.95. The highest BCUT2D eigenvalue weighted by Gasteiger charge is 2.11. The summed E-state index contributed by atoms with van der Waals surface area (Å²) in [4.78, 5) is 7.70.